The van der Waals surface area contributed by atoms with Crippen molar-refractivity contribution in [3.63, 3.8) is 0 Å². The van der Waals surface area contributed by atoms with Gasteiger partial charge in [0.2, 0.25) is 5.91 Å². The van der Waals surface area contributed by atoms with Gasteiger partial charge < -0.3 is 14.8 Å². The molecule has 1 aromatic heterocycles. The summed E-state index contributed by atoms with van der Waals surface area (Å²) in [5.74, 6) is -1.53. The Hall–Kier alpha value is -1.67. The molecular weight excluding hydrogens is 310 g/mol. The minimum atomic E-state index is -0.927. The van der Waals surface area contributed by atoms with Crippen molar-refractivity contribution in [2.75, 3.05) is 39.0 Å². The number of aromatic nitrogens is 2. The molecule has 8 heteroatoms. The van der Waals surface area contributed by atoms with Gasteiger partial charge in [-0.2, -0.15) is 0 Å². The first-order chi connectivity index (χ1) is 10.5. The number of nitrogens with zero attached hydrogens (tertiary/aromatic N) is 3. The van der Waals surface area contributed by atoms with Crippen LogP contribution < -0.4 is 0 Å². The van der Waals surface area contributed by atoms with Crippen LogP contribution in [-0.2, 0) is 4.79 Å². The summed E-state index contributed by atoms with van der Waals surface area (Å²) in [5.41, 5.74) is 0.780. The van der Waals surface area contributed by atoms with Crippen molar-refractivity contribution < 1.29 is 13.6 Å². The van der Waals surface area contributed by atoms with Gasteiger partial charge in [-0.05, 0) is 7.05 Å². The molecule has 2 heterocycles. The Balaban J connectivity index is 1.62. The van der Waals surface area contributed by atoms with E-state index in [2.05, 4.69) is 14.9 Å². The van der Waals surface area contributed by atoms with Gasteiger partial charge in [-0.1, -0.05) is 11.8 Å². The maximum Gasteiger partial charge on any atom is 0.233 e. The zero-order valence-electron chi connectivity index (χ0n) is 12.1. The number of rotatable bonds is 3. The highest BCUT2D eigenvalue weighted by Gasteiger charge is 2.19. The zero-order valence-corrected chi connectivity index (χ0v) is 12.9. The molecule has 0 aliphatic carbocycles. The third kappa shape index (κ3) is 3.22. The van der Waals surface area contributed by atoms with E-state index in [0.29, 0.717) is 16.2 Å². The van der Waals surface area contributed by atoms with E-state index in [4.69, 9.17) is 0 Å². The van der Waals surface area contributed by atoms with Crippen molar-refractivity contribution in [3.05, 3.63) is 23.8 Å². The van der Waals surface area contributed by atoms with Crippen molar-refractivity contribution in [1.29, 1.82) is 0 Å². The number of aromatic amines is 1. The normalized spacial score (nSPS) is 16.4. The summed E-state index contributed by atoms with van der Waals surface area (Å²) in [6, 6.07) is 2.12. The van der Waals surface area contributed by atoms with Gasteiger partial charge in [-0.25, -0.2) is 13.8 Å². The first-order valence-electron chi connectivity index (χ1n) is 6.97. The zero-order chi connectivity index (χ0) is 15.7. The molecule has 0 spiro atoms. The number of fused-ring (bicyclic) bond motifs is 1. The molecule has 0 unspecified atom stereocenters. The first kappa shape index (κ1) is 15.2. The predicted molar refractivity (Wildman–Crippen MR) is 80.8 cm³/mol. The number of imidazole rings is 1. The quantitative estimate of drug-likeness (QED) is 0.873. The number of hydrogen-bond donors (Lipinski definition) is 1. The molecule has 1 amide bonds. The van der Waals surface area contributed by atoms with Crippen LogP contribution in [0.4, 0.5) is 8.78 Å². The van der Waals surface area contributed by atoms with Gasteiger partial charge >= 0.3 is 0 Å². The minimum absolute atomic E-state index is 0.0518. The number of amides is 1. The molecule has 22 heavy (non-hydrogen) atoms. The van der Waals surface area contributed by atoms with E-state index >= 15 is 0 Å². The van der Waals surface area contributed by atoms with Crippen molar-refractivity contribution in [3.8, 4) is 0 Å². The summed E-state index contributed by atoms with van der Waals surface area (Å²) in [6.07, 6.45) is 0. The van der Waals surface area contributed by atoms with Gasteiger partial charge in [-0.3, -0.25) is 4.79 Å². The van der Waals surface area contributed by atoms with Gasteiger partial charge in [0.25, 0.3) is 0 Å². The van der Waals surface area contributed by atoms with E-state index in [1.165, 1.54) is 11.8 Å². The standard InChI is InChI=1S/C14H16F2N4OS/c1-19-2-4-20(5-3-19)13(21)8-22-14-17-11-6-9(15)10(16)7-12(11)18-14/h6-7H,2-5,8H2,1H3,(H,17,18). The summed E-state index contributed by atoms with van der Waals surface area (Å²) in [6.45, 7) is 3.21. The van der Waals surface area contributed by atoms with E-state index in [-0.39, 0.29) is 11.7 Å². The lowest BCUT2D eigenvalue weighted by molar-refractivity contribution is -0.129. The van der Waals surface area contributed by atoms with Crippen molar-refractivity contribution >= 4 is 28.7 Å². The number of H-pyrrole nitrogens is 1. The van der Waals surface area contributed by atoms with Crippen LogP contribution in [0.15, 0.2) is 17.3 Å². The molecule has 118 valence electrons. The molecule has 2 aromatic rings. The summed E-state index contributed by atoms with van der Waals surface area (Å²) in [5, 5.41) is 0.488. The average molecular weight is 326 g/mol. The molecule has 1 aliphatic heterocycles. The number of benzene rings is 1. The fourth-order valence-electron chi connectivity index (χ4n) is 2.33. The Labute approximate surface area is 130 Å². The molecule has 1 saturated heterocycles. The maximum atomic E-state index is 13.2. The molecule has 0 radical (unpaired) electrons. The molecule has 0 saturated carbocycles. The molecule has 1 aliphatic rings. The third-order valence-electron chi connectivity index (χ3n) is 3.69. The predicted octanol–water partition coefficient (Wildman–Crippen LogP) is 1.71. The molecule has 1 N–H and O–H groups in total. The Kier molecular flexibility index (Phi) is 4.30. The van der Waals surface area contributed by atoms with Crippen LogP contribution in [0.25, 0.3) is 11.0 Å². The summed E-state index contributed by atoms with van der Waals surface area (Å²) in [4.78, 5) is 23.2. The monoisotopic (exact) mass is 326 g/mol. The highest BCUT2D eigenvalue weighted by Crippen LogP contribution is 2.22. The van der Waals surface area contributed by atoms with Crippen LogP contribution in [0.1, 0.15) is 0 Å². The van der Waals surface area contributed by atoms with Crippen LogP contribution in [-0.4, -0.2) is 64.7 Å². The fourth-order valence-corrected chi connectivity index (χ4v) is 3.11. The molecular formula is C14H16F2N4OS. The lowest BCUT2D eigenvalue weighted by Gasteiger charge is -2.32. The number of halogens is 2. The number of carbonyl (C=O) groups excluding carboxylic acids is 1. The van der Waals surface area contributed by atoms with Crippen molar-refractivity contribution in [2.24, 2.45) is 0 Å². The second-order valence-electron chi connectivity index (χ2n) is 5.30. The van der Waals surface area contributed by atoms with Gasteiger partial charge in [0.15, 0.2) is 16.8 Å². The molecule has 0 atom stereocenters. The lowest BCUT2D eigenvalue weighted by atomic mass is 10.3. The number of carbonyl (C=O) groups is 1. The van der Waals surface area contributed by atoms with Crippen LogP contribution in [0.5, 0.6) is 0 Å². The highest BCUT2D eigenvalue weighted by molar-refractivity contribution is 7.99. The van der Waals surface area contributed by atoms with Crippen LogP contribution in [0.2, 0.25) is 0 Å². The van der Waals surface area contributed by atoms with E-state index < -0.39 is 11.6 Å². The molecule has 1 aromatic carbocycles. The van der Waals surface area contributed by atoms with Gasteiger partial charge in [0.1, 0.15) is 0 Å². The molecule has 5 nitrogen and oxygen atoms in total. The van der Waals surface area contributed by atoms with E-state index in [1.54, 1.807) is 0 Å². The Morgan fingerprint density at radius 2 is 1.95 bits per heavy atom. The average Bonchev–Trinajstić information content (AvgIpc) is 2.88. The number of piperazine rings is 1. The van der Waals surface area contributed by atoms with Crippen molar-refractivity contribution in [1.82, 2.24) is 19.8 Å². The number of thioether (sulfide) groups is 1. The van der Waals surface area contributed by atoms with E-state index in [9.17, 15) is 13.6 Å². The van der Waals surface area contributed by atoms with Crippen LogP contribution >= 0.6 is 11.8 Å². The number of hydrogen-bond acceptors (Lipinski definition) is 4. The second kappa shape index (κ2) is 6.21. The Morgan fingerprint density at radius 3 is 2.68 bits per heavy atom. The lowest BCUT2D eigenvalue weighted by Crippen LogP contribution is -2.47. The SMILES string of the molecule is CN1CCN(C(=O)CSc2nc3cc(F)c(F)cc3[nH]2)CC1. The van der Waals surface area contributed by atoms with Crippen LogP contribution in [0, 0.1) is 11.6 Å². The molecule has 3 rings (SSSR count). The smallest absolute Gasteiger partial charge is 0.233 e. The summed E-state index contributed by atoms with van der Waals surface area (Å²) < 4.78 is 26.3. The summed E-state index contributed by atoms with van der Waals surface area (Å²) >= 11 is 1.24. The van der Waals surface area contributed by atoms with Gasteiger partial charge in [0.05, 0.1) is 16.8 Å². The van der Waals surface area contributed by atoms with Crippen molar-refractivity contribution in [2.45, 2.75) is 5.16 Å². The first-order valence-corrected chi connectivity index (χ1v) is 7.95. The highest BCUT2D eigenvalue weighted by atomic mass is 32.2. The maximum absolute atomic E-state index is 13.2. The van der Waals surface area contributed by atoms with Gasteiger partial charge in [-0.15, -0.1) is 0 Å². The topological polar surface area (TPSA) is 52.2 Å². The molecule has 1 fully saturated rings. The second-order valence-corrected chi connectivity index (χ2v) is 6.26. The Morgan fingerprint density at radius 1 is 1.27 bits per heavy atom. The molecule has 0 bridgehead atoms. The summed E-state index contributed by atoms with van der Waals surface area (Å²) in [7, 11) is 2.03. The minimum Gasteiger partial charge on any atom is -0.339 e. The largest absolute Gasteiger partial charge is 0.339 e. The fraction of sp³-hybridized carbons (Fsp3) is 0.429. The third-order valence-corrected chi connectivity index (χ3v) is 4.55. The van der Waals surface area contributed by atoms with Gasteiger partial charge in [0, 0.05) is 38.3 Å². The van der Waals surface area contributed by atoms with E-state index in [1.807, 2.05) is 11.9 Å². The van der Waals surface area contributed by atoms with Crippen LogP contribution in [0.3, 0.4) is 0 Å². The number of nitrogens with one attached hydrogen (secondary N) is 1. The number of likely N-dealkylation sites (N-methyl/N-ethyl adjacent to an activating group) is 1. The Bertz CT molecular complexity index is 658. The van der Waals surface area contributed by atoms with E-state index in [0.717, 1.165) is 38.3 Å².